The fourth-order valence-electron chi connectivity index (χ4n) is 2.85. The summed E-state index contributed by atoms with van der Waals surface area (Å²) in [5.41, 5.74) is 3.76. The predicted molar refractivity (Wildman–Crippen MR) is 101 cm³/mol. The molecular weight excluding hydrogens is 423 g/mol. The van der Waals surface area contributed by atoms with Gasteiger partial charge < -0.3 is 11.1 Å². The summed E-state index contributed by atoms with van der Waals surface area (Å²) in [5.74, 6) is -1.68. The van der Waals surface area contributed by atoms with Gasteiger partial charge in [-0.1, -0.05) is 6.07 Å². The topological polar surface area (TPSA) is 120 Å². The van der Waals surface area contributed by atoms with E-state index < -0.39 is 23.7 Å². The lowest BCUT2D eigenvalue weighted by Gasteiger charge is -2.10. The number of alkyl halides is 3. The van der Waals surface area contributed by atoms with Gasteiger partial charge in [0, 0.05) is 13.1 Å². The highest BCUT2D eigenvalue weighted by atomic mass is 32.1. The smallest absolute Gasteiger partial charge is 0.364 e. The number of carbonyl (C=O) groups is 2. The summed E-state index contributed by atoms with van der Waals surface area (Å²) < 4.78 is 42.5. The Bertz CT molecular complexity index is 1270. The van der Waals surface area contributed by atoms with Crippen molar-refractivity contribution in [1.29, 1.82) is 0 Å². The van der Waals surface area contributed by atoms with Crippen molar-refractivity contribution >= 4 is 34.5 Å². The minimum Gasteiger partial charge on any atom is -0.364 e. The van der Waals surface area contributed by atoms with Crippen LogP contribution in [0.15, 0.2) is 35.8 Å². The first-order valence-electron chi connectivity index (χ1n) is 8.30. The minimum atomic E-state index is -4.73. The molecule has 9 nitrogen and oxygen atoms in total. The fraction of sp³-hybridized carbons (Fsp3) is 0.118. The maximum Gasteiger partial charge on any atom is 0.433 e. The van der Waals surface area contributed by atoms with Crippen molar-refractivity contribution in [2.75, 3.05) is 5.32 Å². The summed E-state index contributed by atoms with van der Waals surface area (Å²) in [6, 6.07) is 5.34. The molecule has 0 aliphatic carbocycles. The number of hydrogen-bond donors (Lipinski definition) is 2. The van der Waals surface area contributed by atoms with Gasteiger partial charge in [-0.3, -0.25) is 14.3 Å². The molecule has 0 atom stereocenters. The van der Waals surface area contributed by atoms with Crippen LogP contribution in [0.4, 0.5) is 18.9 Å². The number of aryl methyl sites for hydroxylation is 1. The van der Waals surface area contributed by atoms with Crippen LogP contribution in [0.25, 0.3) is 16.2 Å². The lowest BCUT2D eigenvalue weighted by molar-refractivity contribution is -0.142. The lowest BCUT2D eigenvalue weighted by Crippen LogP contribution is -2.20. The highest BCUT2D eigenvalue weighted by molar-refractivity contribution is 7.13. The second-order valence-corrected chi connectivity index (χ2v) is 7.10. The van der Waals surface area contributed by atoms with Crippen LogP contribution >= 0.6 is 11.3 Å². The number of rotatable bonds is 4. The number of amides is 2. The monoisotopic (exact) mass is 435 g/mol. The van der Waals surface area contributed by atoms with Crippen LogP contribution in [-0.4, -0.2) is 36.2 Å². The van der Waals surface area contributed by atoms with E-state index in [0.29, 0.717) is 9.39 Å². The number of fused-ring (bicyclic) bond motifs is 1. The van der Waals surface area contributed by atoms with E-state index in [-0.39, 0.29) is 28.4 Å². The van der Waals surface area contributed by atoms with Gasteiger partial charge in [0.1, 0.15) is 5.69 Å². The number of thiophene rings is 1. The first-order chi connectivity index (χ1) is 14.1. The first kappa shape index (κ1) is 19.6. The highest BCUT2D eigenvalue weighted by Gasteiger charge is 2.36. The van der Waals surface area contributed by atoms with Gasteiger partial charge in [0.2, 0.25) is 0 Å². The Morgan fingerprint density at radius 1 is 1.27 bits per heavy atom. The van der Waals surface area contributed by atoms with Crippen LogP contribution in [0.3, 0.4) is 0 Å². The van der Waals surface area contributed by atoms with Crippen LogP contribution < -0.4 is 11.1 Å². The van der Waals surface area contributed by atoms with Gasteiger partial charge in [0.15, 0.2) is 17.0 Å². The molecule has 0 saturated heterocycles. The van der Waals surface area contributed by atoms with Gasteiger partial charge in [0.05, 0.1) is 22.5 Å². The third-order valence-corrected chi connectivity index (χ3v) is 5.04. The quantitative estimate of drug-likeness (QED) is 0.511. The van der Waals surface area contributed by atoms with Crippen molar-refractivity contribution < 1.29 is 22.8 Å². The molecule has 0 fully saturated rings. The number of halogens is 3. The summed E-state index contributed by atoms with van der Waals surface area (Å²) in [7, 11) is 1.45. The second kappa shape index (κ2) is 6.95. The van der Waals surface area contributed by atoms with Gasteiger partial charge in [-0.15, -0.1) is 11.3 Å². The van der Waals surface area contributed by atoms with Gasteiger partial charge in [-0.2, -0.15) is 23.4 Å². The van der Waals surface area contributed by atoms with Crippen molar-refractivity contribution in [3.63, 3.8) is 0 Å². The number of carbonyl (C=O) groups excluding carboxylic acids is 2. The Balaban J connectivity index is 1.78. The van der Waals surface area contributed by atoms with E-state index >= 15 is 0 Å². The van der Waals surface area contributed by atoms with E-state index in [2.05, 4.69) is 20.5 Å². The van der Waals surface area contributed by atoms with Gasteiger partial charge in [-0.25, -0.2) is 9.50 Å². The largest absolute Gasteiger partial charge is 0.433 e. The molecule has 30 heavy (non-hydrogen) atoms. The lowest BCUT2D eigenvalue weighted by atomic mass is 10.2. The zero-order valence-electron chi connectivity index (χ0n) is 15.1. The van der Waals surface area contributed by atoms with Crippen LogP contribution in [0, 0.1) is 0 Å². The molecular formula is C17H12F3N7O2S. The number of nitrogens with two attached hydrogens (primary N) is 1. The molecule has 4 heterocycles. The molecule has 13 heteroatoms. The molecule has 0 aliphatic rings. The van der Waals surface area contributed by atoms with Crippen LogP contribution in [0.1, 0.15) is 26.7 Å². The standard InChI is InChI=1S/C17H12F3N7O2S/c1-26-14(15(21)28)10(7-22-26)24-16(29)9-6-13-23-8(11-3-2-4-30-11)5-12(17(18,19)20)27(13)25-9/h2-7H,1H3,(H2,21,28)(H,24,29). The van der Waals surface area contributed by atoms with E-state index in [1.54, 1.807) is 17.5 Å². The Morgan fingerprint density at radius 3 is 2.67 bits per heavy atom. The number of aromatic nitrogens is 5. The van der Waals surface area contributed by atoms with Crippen molar-refractivity contribution in [3.05, 3.63) is 52.9 Å². The molecule has 154 valence electrons. The molecule has 0 aliphatic heterocycles. The molecule has 2 amide bonds. The molecule has 4 rings (SSSR count). The molecule has 3 N–H and O–H groups in total. The Hall–Kier alpha value is -3.74. The molecule has 0 bridgehead atoms. The Labute approximate surface area is 169 Å². The minimum absolute atomic E-state index is 0.00957. The maximum atomic E-state index is 13.6. The molecule has 0 unspecified atom stereocenters. The van der Waals surface area contributed by atoms with Crippen molar-refractivity contribution in [2.45, 2.75) is 6.18 Å². The van der Waals surface area contributed by atoms with Crippen molar-refractivity contribution in [1.82, 2.24) is 24.4 Å². The number of primary amides is 1. The molecule has 0 radical (unpaired) electrons. The first-order valence-corrected chi connectivity index (χ1v) is 9.18. The fourth-order valence-corrected chi connectivity index (χ4v) is 3.53. The van der Waals surface area contributed by atoms with Crippen LogP contribution in [-0.2, 0) is 13.2 Å². The van der Waals surface area contributed by atoms with E-state index in [9.17, 15) is 22.8 Å². The number of nitrogens with zero attached hydrogens (tertiary/aromatic N) is 5. The van der Waals surface area contributed by atoms with E-state index in [0.717, 1.165) is 16.8 Å². The van der Waals surface area contributed by atoms with E-state index in [1.165, 1.54) is 24.6 Å². The van der Waals surface area contributed by atoms with E-state index in [4.69, 9.17) is 5.73 Å². The molecule has 0 aromatic carbocycles. The van der Waals surface area contributed by atoms with Crippen molar-refractivity contribution in [2.24, 2.45) is 12.8 Å². The summed E-state index contributed by atoms with van der Waals surface area (Å²) in [6.07, 6.45) is -3.53. The normalized spacial score (nSPS) is 11.7. The molecule has 0 spiro atoms. The molecule has 0 saturated carbocycles. The summed E-state index contributed by atoms with van der Waals surface area (Å²) in [5, 5.41) is 11.7. The summed E-state index contributed by atoms with van der Waals surface area (Å²) >= 11 is 1.23. The maximum absolute atomic E-state index is 13.6. The number of hydrogen-bond acceptors (Lipinski definition) is 6. The van der Waals surface area contributed by atoms with Crippen LogP contribution in [0.2, 0.25) is 0 Å². The predicted octanol–water partition coefficient (Wildman–Crippen LogP) is 2.56. The third kappa shape index (κ3) is 3.39. The van der Waals surface area contributed by atoms with Gasteiger partial charge in [-0.05, 0) is 17.5 Å². The van der Waals surface area contributed by atoms with Gasteiger partial charge in [0.25, 0.3) is 11.8 Å². The Morgan fingerprint density at radius 2 is 2.03 bits per heavy atom. The third-order valence-electron chi connectivity index (χ3n) is 4.14. The zero-order chi connectivity index (χ0) is 21.6. The number of nitrogens with one attached hydrogen (secondary N) is 1. The zero-order valence-corrected chi connectivity index (χ0v) is 16.0. The molecule has 4 aromatic rings. The molecule has 4 aromatic heterocycles. The SMILES string of the molecule is Cn1ncc(NC(=O)c2cc3nc(-c4cccs4)cc(C(F)(F)F)n3n2)c1C(N)=O. The highest BCUT2D eigenvalue weighted by Crippen LogP contribution is 2.33. The Kier molecular flexibility index (Phi) is 4.53. The van der Waals surface area contributed by atoms with Gasteiger partial charge >= 0.3 is 6.18 Å². The second-order valence-electron chi connectivity index (χ2n) is 6.15. The average Bonchev–Trinajstić information content (AvgIpc) is 3.39. The average molecular weight is 435 g/mol. The van der Waals surface area contributed by atoms with Crippen molar-refractivity contribution in [3.8, 4) is 10.6 Å². The summed E-state index contributed by atoms with van der Waals surface area (Å²) in [4.78, 5) is 28.8. The number of anilines is 1. The van der Waals surface area contributed by atoms with Crippen LogP contribution in [0.5, 0.6) is 0 Å². The summed E-state index contributed by atoms with van der Waals surface area (Å²) in [6.45, 7) is 0. The van der Waals surface area contributed by atoms with E-state index in [1.807, 2.05) is 0 Å².